The maximum absolute atomic E-state index is 13.8. The number of hydrogen-bond acceptors (Lipinski definition) is 6. The van der Waals surface area contributed by atoms with Crippen LogP contribution in [0.15, 0.2) is 23.4 Å². The molecule has 0 aliphatic rings. The number of carboxylic acid groups (broad SMARTS) is 1. The Morgan fingerprint density at radius 3 is 2.76 bits per heavy atom. The van der Waals surface area contributed by atoms with E-state index in [0.717, 1.165) is 6.07 Å². The fourth-order valence-corrected chi connectivity index (χ4v) is 2.52. The van der Waals surface area contributed by atoms with Crippen LogP contribution in [-0.4, -0.2) is 34.7 Å². The van der Waals surface area contributed by atoms with E-state index in [2.05, 4.69) is 15.2 Å². The highest BCUT2D eigenvalue weighted by molar-refractivity contribution is 7.92. The molecule has 5 N–H and O–H groups in total. The van der Waals surface area contributed by atoms with Crippen molar-refractivity contribution in [2.45, 2.75) is 11.6 Å². The lowest BCUT2D eigenvalue weighted by Gasteiger charge is -2.10. The minimum absolute atomic E-state index is 0.0328. The fraction of sp³-hybridized carbons (Fsp3) is 0.100. The molecule has 1 heterocycles. The van der Waals surface area contributed by atoms with Crippen molar-refractivity contribution < 1.29 is 22.7 Å². The third-order valence-corrected chi connectivity index (χ3v) is 3.54. The Hall–Kier alpha value is -2.69. The average Bonchev–Trinajstić information content (AvgIpc) is 2.80. The number of nitrogens with one attached hydrogen (secondary N) is 2. The highest BCUT2D eigenvalue weighted by atomic mass is 32.2. The number of para-hydroxylation sites is 1. The van der Waals surface area contributed by atoms with E-state index < -0.39 is 39.1 Å². The first-order valence-corrected chi connectivity index (χ1v) is 6.98. The summed E-state index contributed by atoms with van der Waals surface area (Å²) in [6, 6.07) is 3.56. The van der Waals surface area contributed by atoms with Crippen LogP contribution in [0.3, 0.4) is 0 Å². The lowest BCUT2D eigenvalue weighted by molar-refractivity contribution is -0.136. The molecule has 0 aliphatic heterocycles. The van der Waals surface area contributed by atoms with Gasteiger partial charge in [-0.05, 0) is 11.6 Å². The minimum atomic E-state index is -4.29. The number of sulfonamides is 1. The van der Waals surface area contributed by atoms with Crippen LogP contribution in [0, 0.1) is 5.82 Å². The van der Waals surface area contributed by atoms with E-state index in [0.29, 0.717) is 0 Å². The molecule has 0 radical (unpaired) electrons. The predicted molar refractivity (Wildman–Crippen MR) is 69.3 cm³/mol. The van der Waals surface area contributed by atoms with Crippen LogP contribution in [0.2, 0.25) is 0 Å². The van der Waals surface area contributed by atoms with Gasteiger partial charge in [0.1, 0.15) is 5.82 Å². The second-order valence-corrected chi connectivity index (χ2v) is 5.53. The third-order valence-electron chi connectivity index (χ3n) is 2.40. The van der Waals surface area contributed by atoms with Gasteiger partial charge in [-0.25, -0.2) is 9.49 Å². The van der Waals surface area contributed by atoms with E-state index in [4.69, 9.17) is 10.8 Å². The monoisotopic (exact) mass is 315 g/mol. The molecule has 0 aliphatic carbocycles. The quantitative estimate of drug-likeness (QED) is 0.604. The summed E-state index contributed by atoms with van der Waals surface area (Å²) in [6.45, 7) is 0. The number of aromatic nitrogens is 3. The van der Waals surface area contributed by atoms with Gasteiger partial charge in [-0.1, -0.05) is 12.1 Å². The SMILES string of the molecule is Nc1nc(S(=O)(=O)Nc2c(F)cccc2CC(=O)O)n[nH]1. The van der Waals surface area contributed by atoms with E-state index in [9.17, 15) is 17.6 Å². The Kier molecular flexibility index (Phi) is 3.76. The predicted octanol–water partition coefficient (Wildman–Crippen LogP) is -0.0461. The standard InChI is InChI=1S/C10H10FN5O4S/c11-6-3-1-2-5(4-7(17)18)8(6)16-21(19,20)10-13-9(12)14-15-10/h1-3,16H,4H2,(H,17,18)(H3,12,13,14,15). The Labute approximate surface area is 118 Å². The molecule has 11 heteroatoms. The summed E-state index contributed by atoms with van der Waals surface area (Å²) in [7, 11) is -4.29. The Morgan fingerprint density at radius 2 is 2.19 bits per heavy atom. The van der Waals surface area contributed by atoms with E-state index in [1.807, 2.05) is 4.72 Å². The van der Waals surface area contributed by atoms with Gasteiger partial charge in [0.05, 0.1) is 12.1 Å². The average molecular weight is 315 g/mol. The molecule has 112 valence electrons. The number of anilines is 2. The minimum Gasteiger partial charge on any atom is -0.481 e. The number of halogens is 1. The van der Waals surface area contributed by atoms with Crippen molar-refractivity contribution in [1.82, 2.24) is 15.2 Å². The van der Waals surface area contributed by atoms with E-state index in [1.54, 1.807) is 0 Å². The van der Waals surface area contributed by atoms with E-state index >= 15 is 0 Å². The van der Waals surface area contributed by atoms with Crippen molar-refractivity contribution in [3.05, 3.63) is 29.6 Å². The summed E-state index contributed by atoms with van der Waals surface area (Å²) in [6.07, 6.45) is -0.550. The molecule has 0 unspecified atom stereocenters. The van der Waals surface area contributed by atoms with Crippen molar-refractivity contribution in [3.8, 4) is 0 Å². The zero-order chi connectivity index (χ0) is 15.6. The molecule has 0 fully saturated rings. The molecule has 2 aromatic rings. The smallest absolute Gasteiger partial charge is 0.307 e. The second kappa shape index (κ2) is 5.36. The van der Waals surface area contributed by atoms with E-state index in [1.165, 1.54) is 12.1 Å². The van der Waals surface area contributed by atoms with Gasteiger partial charge in [0, 0.05) is 0 Å². The molecule has 2 rings (SSSR count). The van der Waals surface area contributed by atoms with Crippen LogP contribution in [0.5, 0.6) is 0 Å². The second-order valence-electron chi connectivity index (χ2n) is 3.95. The molecule has 21 heavy (non-hydrogen) atoms. The number of benzene rings is 1. The zero-order valence-corrected chi connectivity index (χ0v) is 11.2. The lowest BCUT2D eigenvalue weighted by atomic mass is 10.1. The molecule has 0 saturated carbocycles. The maximum Gasteiger partial charge on any atom is 0.307 e. The van der Waals surface area contributed by atoms with E-state index in [-0.39, 0.29) is 11.5 Å². The summed E-state index contributed by atoms with van der Waals surface area (Å²) in [5.41, 5.74) is 4.72. The van der Waals surface area contributed by atoms with Crippen molar-refractivity contribution in [3.63, 3.8) is 0 Å². The number of nitrogen functional groups attached to an aromatic ring is 1. The van der Waals surface area contributed by atoms with Crippen LogP contribution in [0.1, 0.15) is 5.56 Å². The fourth-order valence-electron chi connectivity index (χ4n) is 1.55. The Balaban J connectivity index is 2.41. The first kappa shape index (κ1) is 14.7. The number of carbonyl (C=O) groups is 1. The zero-order valence-electron chi connectivity index (χ0n) is 10.4. The number of carboxylic acids is 1. The summed E-state index contributed by atoms with van der Waals surface area (Å²) in [5.74, 6) is -2.38. The topological polar surface area (TPSA) is 151 Å². The highest BCUT2D eigenvalue weighted by Crippen LogP contribution is 2.23. The number of nitrogens with two attached hydrogens (primary N) is 1. The number of aliphatic carboxylic acids is 1. The summed E-state index contributed by atoms with van der Waals surface area (Å²) in [5, 5.41) is 13.6. The Bertz CT molecular complexity index is 788. The molecule has 0 bridgehead atoms. The van der Waals surface area contributed by atoms with Crippen LogP contribution in [0.4, 0.5) is 16.0 Å². The number of hydrogen-bond donors (Lipinski definition) is 4. The molecular weight excluding hydrogens is 305 g/mol. The van der Waals surface area contributed by atoms with Gasteiger partial charge in [0.15, 0.2) is 0 Å². The molecule has 1 aromatic carbocycles. The third kappa shape index (κ3) is 3.25. The Morgan fingerprint density at radius 1 is 1.48 bits per heavy atom. The molecule has 0 spiro atoms. The first-order valence-electron chi connectivity index (χ1n) is 5.49. The first-order chi connectivity index (χ1) is 9.79. The van der Waals surface area contributed by atoms with Crippen molar-refractivity contribution in [2.75, 3.05) is 10.5 Å². The number of rotatable bonds is 5. The molecule has 1 aromatic heterocycles. The van der Waals surface area contributed by atoms with Crippen molar-refractivity contribution in [1.29, 1.82) is 0 Å². The molecule has 0 atom stereocenters. The molecular formula is C10H10FN5O4S. The van der Waals surface area contributed by atoms with Crippen LogP contribution in [-0.2, 0) is 21.2 Å². The summed E-state index contributed by atoms with van der Waals surface area (Å²) >= 11 is 0. The van der Waals surface area contributed by atoms with Gasteiger partial charge < -0.3 is 10.8 Å². The number of aromatic amines is 1. The van der Waals surface area contributed by atoms with Gasteiger partial charge in [0.2, 0.25) is 5.95 Å². The highest BCUT2D eigenvalue weighted by Gasteiger charge is 2.23. The van der Waals surface area contributed by atoms with Crippen LogP contribution >= 0.6 is 0 Å². The summed E-state index contributed by atoms with van der Waals surface area (Å²) < 4.78 is 39.6. The number of H-pyrrole nitrogens is 1. The van der Waals surface area contributed by atoms with Gasteiger partial charge in [-0.3, -0.25) is 9.52 Å². The maximum atomic E-state index is 13.8. The summed E-state index contributed by atoms with van der Waals surface area (Å²) in [4.78, 5) is 14.1. The van der Waals surface area contributed by atoms with Gasteiger partial charge in [0.25, 0.3) is 15.2 Å². The molecule has 0 saturated heterocycles. The van der Waals surface area contributed by atoms with Crippen LogP contribution < -0.4 is 10.5 Å². The van der Waals surface area contributed by atoms with Gasteiger partial charge in [-0.2, -0.15) is 13.4 Å². The molecule has 9 nitrogen and oxygen atoms in total. The molecule has 0 amide bonds. The van der Waals surface area contributed by atoms with Gasteiger partial charge in [-0.15, -0.1) is 5.10 Å². The van der Waals surface area contributed by atoms with Gasteiger partial charge >= 0.3 is 5.97 Å². The van der Waals surface area contributed by atoms with Crippen LogP contribution in [0.25, 0.3) is 0 Å². The largest absolute Gasteiger partial charge is 0.481 e. The van der Waals surface area contributed by atoms with Crippen molar-refractivity contribution >= 4 is 27.6 Å². The van der Waals surface area contributed by atoms with Crippen molar-refractivity contribution in [2.24, 2.45) is 0 Å². The normalized spacial score (nSPS) is 11.3. The lowest BCUT2D eigenvalue weighted by Crippen LogP contribution is -2.18. The number of nitrogens with zero attached hydrogens (tertiary/aromatic N) is 2.